The van der Waals surface area contributed by atoms with Gasteiger partial charge in [-0.25, -0.2) is 23.7 Å². The minimum Gasteiger partial charge on any atom is -0.366 e. The van der Waals surface area contributed by atoms with Gasteiger partial charge in [0.1, 0.15) is 33.4 Å². The van der Waals surface area contributed by atoms with Crippen molar-refractivity contribution in [2.45, 2.75) is 25.8 Å². The average molecular weight is 517 g/mol. The zero-order valence-corrected chi connectivity index (χ0v) is 20.4. The largest absolute Gasteiger partial charge is 0.366 e. The first kappa shape index (κ1) is 24.9. The van der Waals surface area contributed by atoms with E-state index in [1.165, 1.54) is 35.6 Å². The number of nitrogens with zero attached hydrogens (tertiary/aromatic N) is 4. The summed E-state index contributed by atoms with van der Waals surface area (Å²) in [5.74, 6) is -1.90. The van der Waals surface area contributed by atoms with Crippen LogP contribution in [0.15, 0.2) is 42.6 Å². The maximum Gasteiger partial charge on any atom is 0.274 e. The van der Waals surface area contributed by atoms with Crippen molar-refractivity contribution in [3.8, 4) is 11.3 Å². The van der Waals surface area contributed by atoms with E-state index in [0.29, 0.717) is 17.7 Å². The molecule has 3 aromatic heterocycles. The van der Waals surface area contributed by atoms with Crippen LogP contribution in [0, 0.1) is 18.6 Å². The van der Waals surface area contributed by atoms with Crippen molar-refractivity contribution in [3.63, 3.8) is 0 Å². The number of carbonyl (C=O) groups excluding carboxylic acids is 1. The van der Waals surface area contributed by atoms with Gasteiger partial charge in [-0.2, -0.15) is 0 Å². The fourth-order valence-corrected chi connectivity index (χ4v) is 4.95. The van der Waals surface area contributed by atoms with Crippen molar-refractivity contribution in [1.29, 1.82) is 0 Å². The molecule has 1 aliphatic rings. The van der Waals surface area contributed by atoms with E-state index in [1.54, 1.807) is 12.3 Å². The molecule has 1 saturated heterocycles. The van der Waals surface area contributed by atoms with Crippen LogP contribution in [-0.4, -0.2) is 40.0 Å². The third-order valence-corrected chi connectivity index (χ3v) is 6.62. The maximum absolute atomic E-state index is 14.4. The van der Waals surface area contributed by atoms with Crippen molar-refractivity contribution in [3.05, 3.63) is 64.9 Å². The normalized spacial score (nSPS) is 15.7. The highest BCUT2D eigenvalue weighted by atomic mass is 35.5. The van der Waals surface area contributed by atoms with Gasteiger partial charge in [-0.1, -0.05) is 23.5 Å². The van der Waals surface area contributed by atoms with Gasteiger partial charge in [0.2, 0.25) is 0 Å². The van der Waals surface area contributed by atoms with Gasteiger partial charge < -0.3 is 16.0 Å². The SMILES string of the molecule is Cc1nc2c(N3CCC[C@H](N)C3)c(NC(=O)c3ccc(F)c(-c4ccccc4F)n3)cnc2s1.Cl. The summed E-state index contributed by atoms with van der Waals surface area (Å²) in [5.41, 5.74) is 7.86. The van der Waals surface area contributed by atoms with Crippen LogP contribution < -0.4 is 16.0 Å². The molecule has 1 atom stereocenters. The van der Waals surface area contributed by atoms with E-state index in [1.807, 2.05) is 6.92 Å². The number of carbonyl (C=O) groups is 1. The lowest BCUT2D eigenvalue weighted by atomic mass is 10.1. The molecule has 1 fully saturated rings. The van der Waals surface area contributed by atoms with Crippen molar-refractivity contribution in [2.24, 2.45) is 5.73 Å². The van der Waals surface area contributed by atoms with E-state index in [2.05, 4.69) is 25.2 Å². The van der Waals surface area contributed by atoms with E-state index in [4.69, 9.17) is 5.73 Å². The maximum atomic E-state index is 14.4. The summed E-state index contributed by atoms with van der Waals surface area (Å²) < 4.78 is 28.7. The monoisotopic (exact) mass is 516 g/mol. The van der Waals surface area contributed by atoms with Crippen molar-refractivity contribution >= 4 is 51.4 Å². The minimum absolute atomic E-state index is 0. The second kappa shape index (κ2) is 10.2. The molecule has 0 unspecified atom stereocenters. The second-order valence-electron chi connectivity index (χ2n) is 8.22. The molecule has 35 heavy (non-hydrogen) atoms. The van der Waals surface area contributed by atoms with Crippen LogP contribution in [0.4, 0.5) is 20.2 Å². The molecular formula is C24H23ClF2N6OS. The Bertz CT molecular complexity index is 1400. The molecule has 3 N–H and O–H groups in total. The van der Waals surface area contributed by atoms with Gasteiger partial charge in [0.15, 0.2) is 0 Å². The first-order chi connectivity index (χ1) is 16.4. The molecule has 0 aliphatic carbocycles. The van der Waals surface area contributed by atoms with Crippen LogP contribution in [0.2, 0.25) is 0 Å². The molecule has 0 radical (unpaired) electrons. The third kappa shape index (κ3) is 4.95. The predicted molar refractivity (Wildman–Crippen MR) is 136 cm³/mol. The number of halogens is 3. The standard InChI is InChI=1S/C24H22F2N6OS.ClH/c1-13-29-21-22(32-10-4-5-14(27)12-32)19(11-28-24(21)34-13)31-23(33)18-9-8-17(26)20(30-18)15-6-2-3-7-16(15)25;/h2-3,6-9,11,14H,4-5,10,12,27H2,1H3,(H,31,33);1H/t14-;/m0./s1. The van der Waals surface area contributed by atoms with E-state index in [-0.39, 0.29) is 35.4 Å². The summed E-state index contributed by atoms with van der Waals surface area (Å²) in [6.45, 7) is 3.31. The number of amides is 1. The Kier molecular flexibility index (Phi) is 7.25. The van der Waals surface area contributed by atoms with E-state index < -0.39 is 17.5 Å². The molecule has 1 aliphatic heterocycles. The van der Waals surface area contributed by atoms with Gasteiger partial charge in [-0.3, -0.25) is 4.79 Å². The molecule has 1 aromatic carbocycles. The minimum atomic E-state index is -0.717. The Balaban J connectivity index is 0.00000289. The van der Waals surface area contributed by atoms with Gasteiger partial charge in [-0.05, 0) is 44.0 Å². The van der Waals surface area contributed by atoms with E-state index in [0.717, 1.165) is 41.0 Å². The van der Waals surface area contributed by atoms with E-state index in [9.17, 15) is 13.6 Å². The van der Waals surface area contributed by atoms with Gasteiger partial charge >= 0.3 is 0 Å². The number of nitrogens with two attached hydrogens (primary N) is 1. The molecule has 0 bridgehead atoms. The number of anilines is 2. The molecule has 7 nitrogen and oxygen atoms in total. The van der Waals surface area contributed by atoms with Crippen LogP contribution in [0.25, 0.3) is 21.6 Å². The van der Waals surface area contributed by atoms with Crippen LogP contribution >= 0.6 is 23.7 Å². The number of pyridine rings is 2. The van der Waals surface area contributed by atoms with Crippen LogP contribution in [0.3, 0.4) is 0 Å². The number of nitrogens with one attached hydrogen (secondary N) is 1. The number of benzene rings is 1. The number of piperidine rings is 1. The molecule has 0 saturated carbocycles. The number of rotatable bonds is 4. The predicted octanol–water partition coefficient (Wildman–Crippen LogP) is 4.94. The fourth-order valence-electron chi connectivity index (χ4n) is 4.19. The highest BCUT2D eigenvalue weighted by Crippen LogP contribution is 2.37. The van der Waals surface area contributed by atoms with Crippen LogP contribution in [-0.2, 0) is 0 Å². The number of aryl methyl sites for hydroxylation is 1. The molecule has 11 heteroatoms. The second-order valence-corrected chi connectivity index (χ2v) is 9.40. The molecule has 4 heterocycles. The Morgan fingerprint density at radius 3 is 2.74 bits per heavy atom. The smallest absolute Gasteiger partial charge is 0.274 e. The Morgan fingerprint density at radius 1 is 1.17 bits per heavy atom. The summed E-state index contributed by atoms with van der Waals surface area (Å²) in [7, 11) is 0. The molecule has 5 rings (SSSR count). The Morgan fingerprint density at radius 2 is 1.97 bits per heavy atom. The number of hydrogen-bond acceptors (Lipinski definition) is 7. The molecule has 1 amide bonds. The lowest BCUT2D eigenvalue weighted by Gasteiger charge is -2.33. The topological polar surface area (TPSA) is 97.0 Å². The molecule has 4 aromatic rings. The van der Waals surface area contributed by atoms with E-state index >= 15 is 0 Å². The van der Waals surface area contributed by atoms with Crippen LogP contribution in [0.5, 0.6) is 0 Å². The number of thiazole rings is 1. The summed E-state index contributed by atoms with van der Waals surface area (Å²) in [4.78, 5) is 29.3. The number of fused-ring (bicyclic) bond motifs is 1. The first-order valence-electron chi connectivity index (χ1n) is 10.9. The highest BCUT2D eigenvalue weighted by molar-refractivity contribution is 7.18. The summed E-state index contributed by atoms with van der Waals surface area (Å²) in [6.07, 6.45) is 3.45. The van der Waals surface area contributed by atoms with Gasteiger partial charge in [-0.15, -0.1) is 12.4 Å². The lowest BCUT2D eigenvalue weighted by Crippen LogP contribution is -2.43. The van der Waals surface area contributed by atoms with Crippen molar-refractivity contribution < 1.29 is 13.6 Å². The molecular weight excluding hydrogens is 494 g/mol. The first-order valence-corrected chi connectivity index (χ1v) is 11.7. The lowest BCUT2D eigenvalue weighted by molar-refractivity contribution is 0.102. The van der Waals surface area contributed by atoms with Gasteiger partial charge in [0.25, 0.3) is 5.91 Å². The average Bonchev–Trinajstić information content (AvgIpc) is 3.20. The number of hydrogen-bond donors (Lipinski definition) is 2. The molecule has 182 valence electrons. The Hall–Kier alpha value is -3.21. The molecule has 0 spiro atoms. The Labute approximate surface area is 210 Å². The summed E-state index contributed by atoms with van der Waals surface area (Å²) in [5, 5.41) is 3.72. The zero-order valence-electron chi connectivity index (χ0n) is 18.8. The van der Waals surface area contributed by atoms with Gasteiger partial charge in [0, 0.05) is 24.7 Å². The van der Waals surface area contributed by atoms with Gasteiger partial charge in [0.05, 0.1) is 22.6 Å². The highest BCUT2D eigenvalue weighted by Gasteiger charge is 2.25. The zero-order chi connectivity index (χ0) is 23.8. The fraction of sp³-hybridized carbons (Fsp3) is 0.250. The van der Waals surface area contributed by atoms with Crippen molar-refractivity contribution in [2.75, 3.05) is 23.3 Å². The number of aromatic nitrogens is 3. The summed E-state index contributed by atoms with van der Waals surface area (Å²) in [6, 6.07) is 8.12. The quantitative estimate of drug-likeness (QED) is 0.399. The third-order valence-electron chi connectivity index (χ3n) is 5.74. The van der Waals surface area contributed by atoms with Crippen LogP contribution in [0.1, 0.15) is 28.3 Å². The summed E-state index contributed by atoms with van der Waals surface area (Å²) >= 11 is 1.48. The van der Waals surface area contributed by atoms with Crippen molar-refractivity contribution in [1.82, 2.24) is 15.0 Å².